The molecule has 7 nitrogen and oxygen atoms in total. The van der Waals surface area contributed by atoms with E-state index in [-0.39, 0.29) is 12.1 Å². The second kappa shape index (κ2) is 8.60. The lowest BCUT2D eigenvalue weighted by Gasteiger charge is -2.08. The molecule has 150 valence electrons. The minimum Gasteiger partial charge on any atom is -0.308 e. The Balaban J connectivity index is 1.51. The summed E-state index contributed by atoms with van der Waals surface area (Å²) in [7, 11) is 0. The summed E-state index contributed by atoms with van der Waals surface area (Å²) in [5.41, 5.74) is 1.88. The van der Waals surface area contributed by atoms with Crippen molar-refractivity contribution in [2.75, 3.05) is 5.32 Å². The van der Waals surface area contributed by atoms with Crippen molar-refractivity contribution in [3.8, 4) is 11.1 Å². The number of anilines is 1. The number of nitrogens with one attached hydrogen (secondary N) is 2. The summed E-state index contributed by atoms with van der Waals surface area (Å²) in [5.74, 6) is -0.621. The van der Waals surface area contributed by atoms with Crippen LogP contribution in [0.1, 0.15) is 0 Å². The number of amides is 3. The molecule has 4 rings (SSSR count). The Hall–Kier alpha value is -3.30. The van der Waals surface area contributed by atoms with Gasteiger partial charge in [0.2, 0.25) is 5.91 Å². The molecule has 2 heterocycles. The van der Waals surface area contributed by atoms with Gasteiger partial charge in [-0.3, -0.25) is 19.5 Å². The zero-order chi connectivity index (χ0) is 21.1. The number of imide groups is 1. The molecule has 0 saturated carbocycles. The highest BCUT2D eigenvalue weighted by Gasteiger charge is 2.15. The molecule has 3 amide bonds. The van der Waals surface area contributed by atoms with E-state index >= 15 is 0 Å². The van der Waals surface area contributed by atoms with Crippen molar-refractivity contribution in [2.45, 2.75) is 6.54 Å². The topological polar surface area (TPSA) is 93.1 Å². The Bertz CT molecular complexity index is 1280. The third kappa shape index (κ3) is 4.32. The summed E-state index contributed by atoms with van der Waals surface area (Å²) < 4.78 is 2.07. The molecule has 30 heavy (non-hydrogen) atoms. The molecule has 0 unspecified atom stereocenters. The van der Waals surface area contributed by atoms with Crippen molar-refractivity contribution < 1.29 is 9.59 Å². The first kappa shape index (κ1) is 20.0. The van der Waals surface area contributed by atoms with Crippen molar-refractivity contribution in [2.24, 2.45) is 0 Å². The Morgan fingerprint density at radius 2 is 1.80 bits per heavy atom. The van der Waals surface area contributed by atoms with E-state index in [0.717, 1.165) is 15.6 Å². The van der Waals surface area contributed by atoms with E-state index in [4.69, 9.17) is 0 Å². The molecule has 2 aromatic heterocycles. The minimum atomic E-state index is -0.676. The number of fused-ring (bicyclic) bond motifs is 1. The van der Waals surface area contributed by atoms with E-state index in [2.05, 4.69) is 31.5 Å². The molecule has 0 radical (unpaired) electrons. The molecule has 0 fully saturated rings. The van der Waals surface area contributed by atoms with Crippen LogP contribution in [0, 0.1) is 0 Å². The van der Waals surface area contributed by atoms with Gasteiger partial charge in [-0.1, -0.05) is 46.3 Å². The third-order valence-electron chi connectivity index (χ3n) is 4.31. The van der Waals surface area contributed by atoms with Gasteiger partial charge < -0.3 is 5.32 Å². The fraction of sp³-hybridized carbons (Fsp3) is 0.0476. The van der Waals surface area contributed by atoms with Crippen molar-refractivity contribution in [1.29, 1.82) is 0 Å². The van der Waals surface area contributed by atoms with Crippen LogP contribution in [-0.4, -0.2) is 21.5 Å². The summed E-state index contributed by atoms with van der Waals surface area (Å²) in [5, 5.41) is 7.12. The van der Waals surface area contributed by atoms with Gasteiger partial charge in [-0.05, 0) is 29.8 Å². The predicted molar refractivity (Wildman–Crippen MR) is 121 cm³/mol. The number of urea groups is 1. The van der Waals surface area contributed by atoms with Gasteiger partial charge >= 0.3 is 6.03 Å². The van der Waals surface area contributed by atoms with E-state index in [0.29, 0.717) is 15.9 Å². The Kier molecular flexibility index (Phi) is 5.73. The van der Waals surface area contributed by atoms with Gasteiger partial charge in [0.1, 0.15) is 11.4 Å². The van der Waals surface area contributed by atoms with Crippen LogP contribution in [-0.2, 0) is 11.3 Å². The van der Waals surface area contributed by atoms with Crippen molar-refractivity contribution >= 4 is 55.1 Å². The molecule has 0 spiro atoms. The highest BCUT2D eigenvalue weighted by Crippen LogP contribution is 2.30. The quantitative estimate of drug-likeness (QED) is 0.454. The van der Waals surface area contributed by atoms with Gasteiger partial charge in [-0.25, -0.2) is 9.78 Å². The second-order valence-corrected chi connectivity index (χ2v) is 8.16. The lowest BCUT2D eigenvalue weighted by Crippen LogP contribution is -2.38. The first-order valence-corrected chi connectivity index (χ1v) is 10.6. The van der Waals surface area contributed by atoms with E-state index in [9.17, 15) is 14.4 Å². The van der Waals surface area contributed by atoms with Crippen LogP contribution in [0.5, 0.6) is 0 Å². The summed E-state index contributed by atoms with van der Waals surface area (Å²) in [6.07, 6.45) is 1.32. The van der Waals surface area contributed by atoms with Crippen LogP contribution in [0.2, 0.25) is 0 Å². The van der Waals surface area contributed by atoms with Crippen molar-refractivity contribution in [3.05, 3.63) is 81.1 Å². The standard InChI is InChI=1S/C21H15BrN4O3S/c22-14-6-8-15(9-7-14)24-21(29)25-17(27)10-26-12-23-19-18(20(26)28)16(11-30-19)13-4-2-1-3-5-13/h1-9,11-12H,10H2,(H2,24,25,27,29). The van der Waals surface area contributed by atoms with E-state index in [1.807, 2.05) is 35.7 Å². The largest absolute Gasteiger partial charge is 0.325 e. The summed E-state index contributed by atoms with van der Waals surface area (Å²) in [6, 6.07) is 15.8. The molecule has 9 heteroatoms. The van der Waals surface area contributed by atoms with E-state index < -0.39 is 11.9 Å². The van der Waals surface area contributed by atoms with Crippen LogP contribution in [0.25, 0.3) is 21.3 Å². The first-order valence-electron chi connectivity index (χ1n) is 8.90. The molecular weight excluding hydrogens is 468 g/mol. The van der Waals surface area contributed by atoms with Gasteiger partial charge in [0.25, 0.3) is 5.56 Å². The Morgan fingerprint density at radius 1 is 1.07 bits per heavy atom. The number of thiophene rings is 1. The number of benzene rings is 2. The van der Waals surface area contributed by atoms with Crippen LogP contribution in [0.15, 0.2) is 75.6 Å². The molecule has 0 aliphatic carbocycles. The van der Waals surface area contributed by atoms with Crippen LogP contribution < -0.4 is 16.2 Å². The van der Waals surface area contributed by atoms with Gasteiger partial charge in [0, 0.05) is 21.1 Å². The van der Waals surface area contributed by atoms with E-state index in [1.54, 1.807) is 24.3 Å². The third-order valence-corrected chi connectivity index (χ3v) is 5.73. The number of nitrogens with zero attached hydrogens (tertiary/aromatic N) is 2. The smallest absolute Gasteiger partial charge is 0.308 e. The zero-order valence-corrected chi connectivity index (χ0v) is 17.9. The highest BCUT2D eigenvalue weighted by atomic mass is 79.9. The highest BCUT2D eigenvalue weighted by molar-refractivity contribution is 9.10. The first-order chi connectivity index (χ1) is 14.5. The molecule has 0 aliphatic rings. The fourth-order valence-electron chi connectivity index (χ4n) is 2.93. The maximum absolute atomic E-state index is 13.0. The van der Waals surface area contributed by atoms with Crippen LogP contribution >= 0.6 is 27.3 Å². The molecule has 0 atom stereocenters. The molecule has 4 aromatic rings. The summed E-state index contributed by atoms with van der Waals surface area (Å²) in [6.45, 7) is -0.320. The second-order valence-electron chi connectivity index (χ2n) is 6.38. The number of halogens is 1. The summed E-state index contributed by atoms with van der Waals surface area (Å²) in [4.78, 5) is 42.2. The van der Waals surface area contributed by atoms with Crippen LogP contribution in [0.3, 0.4) is 0 Å². The molecule has 0 aliphatic heterocycles. The normalized spacial score (nSPS) is 10.7. The maximum Gasteiger partial charge on any atom is 0.325 e. The monoisotopic (exact) mass is 482 g/mol. The van der Waals surface area contributed by atoms with Gasteiger partial charge in [0.05, 0.1) is 11.7 Å². The molecular formula is C21H15BrN4O3S. The van der Waals surface area contributed by atoms with Gasteiger partial charge in [0.15, 0.2) is 0 Å². The summed E-state index contributed by atoms with van der Waals surface area (Å²) >= 11 is 4.68. The number of carbonyl (C=O) groups excluding carboxylic acids is 2. The van der Waals surface area contributed by atoms with E-state index in [1.165, 1.54) is 22.2 Å². The average molecular weight is 483 g/mol. The van der Waals surface area contributed by atoms with Crippen molar-refractivity contribution in [1.82, 2.24) is 14.9 Å². The van der Waals surface area contributed by atoms with Crippen LogP contribution in [0.4, 0.5) is 10.5 Å². The minimum absolute atomic E-state index is 0.320. The molecule has 0 bridgehead atoms. The number of rotatable bonds is 4. The average Bonchev–Trinajstić information content (AvgIpc) is 3.17. The lowest BCUT2D eigenvalue weighted by atomic mass is 10.1. The number of hydrogen-bond donors (Lipinski definition) is 2. The van der Waals surface area contributed by atoms with Gasteiger partial charge in [-0.2, -0.15) is 0 Å². The van der Waals surface area contributed by atoms with Crippen molar-refractivity contribution in [3.63, 3.8) is 0 Å². The molecule has 2 N–H and O–H groups in total. The molecule has 2 aromatic carbocycles. The maximum atomic E-state index is 13.0. The number of aromatic nitrogens is 2. The molecule has 0 saturated heterocycles. The number of hydrogen-bond acceptors (Lipinski definition) is 5. The van der Waals surface area contributed by atoms with Gasteiger partial charge in [-0.15, -0.1) is 11.3 Å². The zero-order valence-electron chi connectivity index (χ0n) is 15.5. The SMILES string of the molecule is O=C(Cn1cnc2scc(-c3ccccc3)c2c1=O)NC(=O)Nc1ccc(Br)cc1. The lowest BCUT2D eigenvalue weighted by molar-refractivity contribution is -0.120. The predicted octanol–water partition coefficient (Wildman–Crippen LogP) is 4.24. The number of carbonyl (C=O) groups is 2. The fourth-order valence-corrected chi connectivity index (χ4v) is 4.10. The Morgan fingerprint density at radius 3 is 2.53 bits per heavy atom. The Labute approximate surface area is 183 Å².